The first-order valence-corrected chi connectivity index (χ1v) is 7.77. The lowest BCUT2D eigenvalue weighted by Gasteiger charge is -2.32. The van der Waals surface area contributed by atoms with E-state index in [9.17, 15) is 0 Å². The van der Waals surface area contributed by atoms with Gasteiger partial charge in [0.25, 0.3) is 0 Å². The molecule has 1 N–H and O–H groups in total. The molecule has 3 nitrogen and oxygen atoms in total. The lowest BCUT2D eigenvalue weighted by molar-refractivity contribution is 0.00578. The highest BCUT2D eigenvalue weighted by atomic mass is 35.5. The molecule has 0 saturated carbocycles. The van der Waals surface area contributed by atoms with E-state index in [1.54, 1.807) is 0 Å². The molecular formula is C16H21BClNO2. The smallest absolute Gasteiger partial charge is 0.399 e. The first kappa shape index (κ1) is 15.0. The fourth-order valence-electron chi connectivity index (χ4n) is 2.57. The summed E-state index contributed by atoms with van der Waals surface area (Å²) in [6, 6.07) is 4.03. The van der Waals surface area contributed by atoms with E-state index in [0.29, 0.717) is 5.02 Å². The summed E-state index contributed by atoms with van der Waals surface area (Å²) >= 11 is 6.43. The summed E-state index contributed by atoms with van der Waals surface area (Å²) in [7, 11) is -0.380. The standard InChI is InChI=1S/C16H21BClNO2/c1-15(2)16(3,4)21-17(20-15)12-9-11-7-5-6-8-19-14(11)13(18)10-12/h5,7,9-10,19H,6,8H2,1-4H3. The van der Waals surface area contributed by atoms with Crippen LogP contribution in [0.25, 0.3) is 6.08 Å². The summed E-state index contributed by atoms with van der Waals surface area (Å²) in [4.78, 5) is 0. The van der Waals surface area contributed by atoms with Crippen LogP contribution in [0.4, 0.5) is 5.69 Å². The van der Waals surface area contributed by atoms with Crippen LogP contribution in [0.1, 0.15) is 39.7 Å². The zero-order chi connectivity index (χ0) is 15.3. The number of anilines is 1. The second kappa shape index (κ2) is 5.04. The van der Waals surface area contributed by atoms with Crippen molar-refractivity contribution < 1.29 is 9.31 Å². The van der Waals surface area contributed by atoms with Crippen LogP contribution < -0.4 is 10.8 Å². The summed E-state index contributed by atoms with van der Waals surface area (Å²) in [5, 5.41) is 4.08. The molecule has 2 heterocycles. The maximum atomic E-state index is 6.43. The Morgan fingerprint density at radius 2 is 1.81 bits per heavy atom. The van der Waals surface area contributed by atoms with Gasteiger partial charge in [0.15, 0.2) is 0 Å². The number of rotatable bonds is 1. The summed E-state index contributed by atoms with van der Waals surface area (Å²) in [5.41, 5.74) is 2.36. The second-order valence-electron chi connectivity index (χ2n) is 6.67. The van der Waals surface area contributed by atoms with Gasteiger partial charge in [-0.05, 0) is 51.2 Å². The van der Waals surface area contributed by atoms with E-state index in [1.807, 2.05) is 6.07 Å². The third-order valence-electron chi connectivity index (χ3n) is 4.58. The van der Waals surface area contributed by atoms with Gasteiger partial charge in [0.2, 0.25) is 0 Å². The highest BCUT2D eigenvalue weighted by Crippen LogP contribution is 2.37. The van der Waals surface area contributed by atoms with E-state index >= 15 is 0 Å². The number of nitrogens with one attached hydrogen (secondary N) is 1. The predicted molar refractivity (Wildman–Crippen MR) is 89.3 cm³/mol. The van der Waals surface area contributed by atoms with Crippen LogP contribution in [0.2, 0.25) is 5.02 Å². The predicted octanol–water partition coefficient (Wildman–Crippen LogP) is 3.47. The molecule has 0 amide bonds. The fraction of sp³-hybridized carbons (Fsp3) is 0.500. The van der Waals surface area contributed by atoms with Crippen LogP contribution in [0.3, 0.4) is 0 Å². The summed E-state index contributed by atoms with van der Waals surface area (Å²) in [5.74, 6) is 0. The van der Waals surface area contributed by atoms with Crippen molar-refractivity contribution in [2.24, 2.45) is 0 Å². The second-order valence-corrected chi connectivity index (χ2v) is 7.08. The minimum atomic E-state index is -0.380. The number of fused-ring (bicyclic) bond motifs is 1. The van der Waals surface area contributed by atoms with Crippen molar-refractivity contribution in [1.82, 2.24) is 0 Å². The van der Waals surface area contributed by atoms with Gasteiger partial charge in [0.05, 0.1) is 21.9 Å². The van der Waals surface area contributed by atoms with Crippen molar-refractivity contribution in [3.63, 3.8) is 0 Å². The maximum absolute atomic E-state index is 6.43. The Morgan fingerprint density at radius 3 is 2.48 bits per heavy atom. The molecule has 0 aromatic heterocycles. The highest BCUT2D eigenvalue weighted by Gasteiger charge is 2.51. The maximum Gasteiger partial charge on any atom is 0.494 e. The number of hydrogen-bond acceptors (Lipinski definition) is 3. The Bertz CT molecular complexity index is 582. The molecule has 5 heteroatoms. The van der Waals surface area contributed by atoms with Gasteiger partial charge in [-0.25, -0.2) is 0 Å². The first-order chi connectivity index (χ1) is 9.80. The molecule has 0 atom stereocenters. The van der Waals surface area contributed by atoms with E-state index in [0.717, 1.165) is 29.7 Å². The molecule has 0 radical (unpaired) electrons. The van der Waals surface area contributed by atoms with Crippen molar-refractivity contribution >= 4 is 35.9 Å². The molecule has 1 fully saturated rings. The van der Waals surface area contributed by atoms with Crippen LogP contribution in [0, 0.1) is 0 Å². The van der Waals surface area contributed by atoms with E-state index in [2.05, 4.69) is 51.2 Å². The van der Waals surface area contributed by atoms with Gasteiger partial charge in [-0.2, -0.15) is 0 Å². The zero-order valence-electron chi connectivity index (χ0n) is 13.0. The molecule has 0 unspecified atom stereocenters. The average molecular weight is 306 g/mol. The lowest BCUT2D eigenvalue weighted by atomic mass is 9.78. The van der Waals surface area contributed by atoms with Gasteiger partial charge < -0.3 is 14.6 Å². The summed E-state index contributed by atoms with van der Waals surface area (Å²) in [6.07, 6.45) is 5.26. The van der Waals surface area contributed by atoms with Gasteiger partial charge in [0, 0.05) is 6.54 Å². The van der Waals surface area contributed by atoms with E-state index in [-0.39, 0.29) is 18.3 Å². The van der Waals surface area contributed by atoms with Crippen LogP contribution in [0.15, 0.2) is 18.2 Å². The average Bonchev–Trinajstić information content (AvgIpc) is 2.57. The van der Waals surface area contributed by atoms with Crippen LogP contribution in [-0.4, -0.2) is 24.9 Å². The molecule has 1 saturated heterocycles. The molecule has 2 aliphatic heterocycles. The molecule has 0 spiro atoms. The number of benzene rings is 1. The van der Waals surface area contributed by atoms with Crippen molar-refractivity contribution in [1.29, 1.82) is 0 Å². The molecule has 0 bridgehead atoms. The molecule has 3 rings (SSSR count). The monoisotopic (exact) mass is 305 g/mol. The highest BCUT2D eigenvalue weighted by molar-refractivity contribution is 6.62. The molecule has 1 aromatic rings. The third kappa shape index (κ3) is 2.61. The Morgan fingerprint density at radius 1 is 1.14 bits per heavy atom. The molecule has 0 aliphatic carbocycles. The van der Waals surface area contributed by atoms with Crippen molar-refractivity contribution in [2.45, 2.75) is 45.3 Å². The van der Waals surface area contributed by atoms with E-state index in [4.69, 9.17) is 20.9 Å². The first-order valence-electron chi connectivity index (χ1n) is 7.40. The summed E-state index contributed by atoms with van der Waals surface area (Å²) < 4.78 is 12.2. The van der Waals surface area contributed by atoms with Gasteiger partial charge in [-0.3, -0.25) is 0 Å². The summed E-state index contributed by atoms with van der Waals surface area (Å²) in [6.45, 7) is 9.12. The van der Waals surface area contributed by atoms with Crippen LogP contribution in [0.5, 0.6) is 0 Å². The third-order valence-corrected chi connectivity index (χ3v) is 4.88. The van der Waals surface area contributed by atoms with Crippen molar-refractivity contribution in [2.75, 3.05) is 11.9 Å². The Balaban J connectivity index is 1.98. The largest absolute Gasteiger partial charge is 0.494 e. The molecule has 1 aromatic carbocycles. The van der Waals surface area contributed by atoms with E-state index < -0.39 is 0 Å². The van der Waals surface area contributed by atoms with Crippen LogP contribution >= 0.6 is 11.6 Å². The minimum absolute atomic E-state index is 0.342. The Kier molecular flexibility index (Phi) is 3.59. The molecular weight excluding hydrogens is 284 g/mol. The normalized spacial score (nSPS) is 22.6. The molecule has 21 heavy (non-hydrogen) atoms. The quantitative estimate of drug-likeness (QED) is 0.806. The SMILES string of the molecule is CC1(C)OB(c2cc(Cl)c3c(c2)C=CCCN3)OC1(C)C. The van der Waals surface area contributed by atoms with Gasteiger partial charge >= 0.3 is 7.12 Å². The van der Waals surface area contributed by atoms with E-state index in [1.165, 1.54) is 0 Å². The van der Waals surface area contributed by atoms with Crippen LogP contribution in [-0.2, 0) is 9.31 Å². The van der Waals surface area contributed by atoms with Gasteiger partial charge in [0.1, 0.15) is 0 Å². The number of halogens is 1. The molecule has 2 aliphatic rings. The minimum Gasteiger partial charge on any atom is -0.399 e. The Labute approximate surface area is 131 Å². The fourth-order valence-corrected chi connectivity index (χ4v) is 2.88. The van der Waals surface area contributed by atoms with Gasteiger partial charge in [-0.15, -0.1) is 0 Å². The lowest BCUT2D eigenvalue weighted by Crippen LogP contribution is -2.41. The van der Waals surface area contributed by atoms with Crippen molar-refractivity contribution in [3.05, 3.63) is 28.8 Å². The Hall–Kier alpha value is -0.965. The van der Waals surface area contributed by atoms with Crippen molar-refractivity contribution in [3.8, 4) is 0 Å². The van der Waals surface area contributed by atoms with Gasteiger partial charge in [-0.1, -0.05) is 29.8 Å². The zero-order valence-corrected chi connectivity index (χ0v) is 13.8. The molecule has 112 valence electrons. The topological polar surface area (TPSA) is 30.5 Å². The number of hydrogen-bond donors (Lipinski definition) is 1.